The van der Waals surface area contributed by atoms with Crippen LogP contribution >= 0.6 is 11.6 Å². The maximum Gasteiger partial charge on any atom is 0.343 e. The minimum atomic E-state index is -0.481. The number of benzene rings is 2. The van der Waals surface area contributed by atoms with E-state index in [1.54, 1.807) is 24.3 Å². The van der Waals surface area contributed by atoms with Crippen molar-refractivity contribution < 1.29 is 9.52 Å². The zero-order chi connectivity index (χ0) is 19.4. The molecule has 0 aliphatic heterocycles. The van der Waals surface area contributed by atoms with Crippen LogP contribution in [0.15, 0.2) is 69.9 Å². The normalized spacial score (nSPS) is 14.2. The highest BCUT2D eigenvalue weighted by atomic mass is 35.5. The Labute approximate surface area is 164 Å². The zero-order valence-electron chi connectivity index (χ0n) is 15.5. The number of hydrogen-bond donors (Lipinski definition) is 1. The average Bonchev–Trinajstić information content (AvgIpc) is 3.52. The Kier molecular flexibility index (Phi) is 6.02. The van der Waals surface area contributed by atoms with E-state index in [0.717, 1.165) is 18.4 Å². The largest absolute Gasteiger partial charge is 0.507 e. The topological polar surface area (TPSA) is 50.4 Å². The Balaban J connectivity index is 0.00000102. The van der Waals surface area contributed by atoms with Crippen molar-refractivity contribution in [2.24, 2.45) is 5.92 Å². The molecule has 1 aliphatic rings. The Morgan fingerprint density at radius 1 is 1.04 bits per heavy atom. The summed E-state index contributed by atoms with van der Waals surface area (Å²) in [6.07, 6.45) is 2.11. The van der Waals surface area contributed by atoms with Crippen molar-refractivity contribution in [2.75, 3.05) is 0 Å². The van der Waals surface area contributed by atoms with Gasteiger partial charge in [-0.25, -0.2) is 4.79 Å². The maximum atomic E-state index is 12.7. The first-order valence-corrected chi connectivity index (χ1v) is 9.69. The monoisotopic (exact) mass is 382 g/mol. The van der Waals surface area contributed by atoms with E-state index in [-0.39, 0.29) is 11.7 Å². The molecule has 1 fully saturated rings. The molecule has 0 bridgehead atoms. The van der Waals surface area contributed by atoms with Gasteiger partial charge in [0.25, 0.3) is 0 Å². The molecule has 4 rings (SSSR count). The van der Waals surface area contributed by atoms with E-state index >= 15 is 0 Å². The molecule has 1 N–H and O–H groups in total. The highest BCUT2D eigenvalue weighted by molar-refractivity contribution is 6.30. The van der Waals surface area contributed by atoms with Gasteiger partial charge in [-0.2, -0.15) is 0 Å². The molecule has 4 heteroatoms. The first kappa shape index (κ1) is 19.2. The molecule has 2 aromatic carbocycles. The van der Waals surface area contributed by atoms with Crippen LogP contribution in [0.5, 0.6) is 5.75 Å². The van der Waals surface area contributed by atoms with Crippen LogP contribution in [-0.4, -0.2) is 5.11 Å². The van der Waals surface area contributed by atoms with E-state index in [1.807, 2.05) is 44.2 Å². The summed E-state index contributed by atoms with van der Waals surface area (Å²) in [4.78, 5) is 12.7. The van der Waals surface area contributed by atoms with Crippen LogP contribution in [0.1, 0.15) is 43.7 Å². The van der Waals surface area contributed by atoms with Gasteiger partial charge in [-0.15, -0.1) is 0 Å². The zero-order valence-corrected chi connectivity index (χ0v) is 16.2. The molecule has 1 atom stereocenters. The third-order valence-electron chi connectivity index (χ3n) is 4.66. The smallest absolute Gasteiger partial charge is 0.343 e. The summed E-state index contributed by atoms with van der Waals surface area (Å²) < 4.78 is 5.54. The minimum Gasteiger partial charge on any atom is -0.507 e. The molecule has 0 saturated heterocycles. The lowest BCUT2D eigenvalue weighted by atomic mass is 9.87. The lowest BCUT2D eigenvalue weighted by Gasteiger charge is -2.17. The van der Waals surface area contributed by atoms with E-state index < -0.39 is 5.63 Å². The summed E-state index contributed by atoms with van der Waals surface area (Å²) in [5.74, 6) is 0.571. The standard InChI is InChI=1S/C21H17ClO3.C2H6/c22-16-10-8-13(9-11-16)18-12-17(23)20(21(24)25-18)19(15-6-7-15)14-4-2-1-3-5-14;1-2/h1-5,8-12,15,19,23H,6-7H2;1-2H3. The summed E-state index contributed by atoms with van der Waals surface area (Å²) in [5.41, 5.74) is 1.61. The lowest BCUT2D eigenvalue weighted by molar-refractivity contribution is 0.431. The quantitative estimate of drug-likeness (QED) is 0.581. The molecule has 1 saturated carbocycles. The van der Waals surface area contributed by atoms with Crippen molar-refractivity contribution in [1.82, 2.24) is 0 Å². The van der Waals surface area contributed by atoms with Gasteiger partial charge in [0.15, 0.2) is 0 Å². The van der Waals surface area contributed by atoms with Gasteiger partial charge >= 0.3 is 5.63 Å². The van der Waals surface area contributed by atoms with Crippen LogP contribution < -0.4 is 5.63 Å². The van der Waals surface area contributed by atoms with Crippen molar-refractivity contribution in [3.63, 3.8) is 0 Å². The third-order valence-corrected chi connectivity index (χ3v) is 4.91. The molecule has 1 heterocycles. The molecule has 0 radical (unpaired) electrons. The average molecular weight is 383 g/mol. The van der Waals surface area contributed by atoms with Gasteiger partial charge in [0.05, 0.1) is 5.56 Å². The van der Waals surface area contributed by atoms with Crippen molar-refractivity contribution in [3.05, 3.63) is 87.2 Å². The molecular formula is C23H23ClO3. The minimum absolute atomic E-state index is 0.0121. The number of hydrogen-bond acceptors (Lipinski definition) is 3. The first-order valence-electron chi connectivity index (χ1n) is 9.31. The molecule has 1 aliphatic carbocycles. The van der Waals surface area contributed by atoms with Crippen LogP contribution in [0, 0.1) is 5.92 Å². The van der Waals surface area contributed by atoms with Gasteiger partial charge in [0.2, 0.25) is 0 Å². The van der Waals surface area contributed by atoms with Crippen LogP contribution in [0.3, 0.4) is 0 Å². The van der Waals surface area contributed by atoms with E-state index in [9.17, 15) is 9.90 Å². The van der Waals surface area contributed by atoms with E-state index in [2.05, 4.69) is 0 Å². The van der Waals surface area contributed by atoms with Crippen molar-refractivity contribution in [1.29, 1.82) is 0 Å². The summed E-state index contributed by atoms with van der Waals surface area (Å²) in [7, 11) is 0. The maximum absolute atomic E-state index is 12.7. The number of halogens is 1. The highest BCUT2D eigenvalue weighted by Crippen LogP contribution is 2.47. The first-order chi connectivity index (χ1) is 13.1. The van der Waals surface area contributed by atoms with Gasteiger partial charge in [-0.1, -0.05) is 55.8 Å². The summed E-state index contributed by atoms with van der Waals surface area (Å²) >= 11 is 5.90. The highest BCUT2D eigenvalue weighted by Gasteiger charge is 2.37. The fourth-order valence-electron chi connectivity index (χ4n) is 3.30. The number of aromatic hydroxyl groups is 1. The van der Waals surface area contributed by atoms with Gasteiger partial charge in [-0.3, -0.25) is 0 Å². The second-order valence-corrected chi connectivity index (χ2v) is 6.87. The molecule has 1 aromatic heterocycles. The Hall–Kier alpha value is -2.52. The molecule has 1 unspecified atom stereocenters. The number of rotatable bonds is 4. The molecule has 3 aromatic rings. The predicted molar refractivity (Wildman–Crippen MR) is 109 cm³/mol. The summed E-state index contributed by atoms with van der Waals surface area (Å²) in [6, 6.07) is 18.3. The summed E-state index contributed by atoms with van der Waals surface area (Å²) in [6.45, 7) is 4.00. The van der Waals surface area contributed by atoms with Crippen LogP contribution in [0.2, 0.25) is 5.02 Å². The van der Waals surface area contributed by atoms with Crippen molar-refractivity contribution in [3.8, 4) is 17.1 Å². The molecule has 0 spiro atoms. The van der Waals surface area contributed by atoms with Crippen molar-refractivity contribution in [2.45, 2.75) is 32.6 Å². The fourth-order valence-corrected chi connectivity index (χ4v) is 3.42. The summed E-state index contributed by atoms with van der Waals surface area (Å²) in [5, 5.41) is 11.2. The Bertz CT molecular complexity index is 942. The SMILES string of the molecule is CC.O=c1oc(-c2ccc(Cl)cc2)cc(O)c1C(c1ccccc1)C1CC1. The third kappa shape index (κ3) is 4.25. The second-order valence-electron chi connectivity index (χ2n) is 6.43. The van der Waals surface area contributed by atoms with Gasteiger partial charge in [-0.05, 0) is 48.6 Å². The fraction of sp³-hybridized carbons (Fsp3) is 0.261. The molecule has 140 valence electrons. The van der Waals surface area contributed by atoms with Gasteiger partial charge < -0.3 is 9.52 Å². The molecular weight excluding hydrogens is 360 g/mol. The molecule has 0 amide bonds. The van der Waals surface area contributed by atoms with Crippen LogP contribution in [0.4, 0.5) is 0 Å². The van der Waals surface area contributed by atoms with Crippen molar-refractivity contribution >= 4 is 11.6 Å². The van der Waals surface area contributed by atoms with Gasteiger partial charge in [0, 0.05) is 22.6 Å². The van der Waals surface area contributed by atoms with E-state index in [1.165, 1.54) is 6.07 Å². The molecule has 3 nitrogen and oxygen atoms in total. The van der Waals surface area contributed by atoms with Crippen LogP contribution in [-0.2, 0) is 0 Å². The molecule has 27 heavy (non-hydrogen) atoms. The lowest BCUT2D eigenvalue weighted by Crippen LogP contribution is -2.16. The van der Waals surface area contributed by atoms with Crippen LogP contribution in [0.25, 0.3) is 11.3 Å². The van der Waals surface area contributed by atoms with Gasteiger partial charge in [0.1, 0.15) is 11.5 Å². The predicted octanol–water partition coefficient (Wildman–Crippen LogP) is 6.23. The Morgan fingerprint density at radius 2 is 1.67 bits per heavy atom. The second kappa shape index (κ2) is 8.45. The Morgan fingerprint density at radius 3 is 2.22 bits per heavy atom. The van der Waals surface area contributed by atoms with E-state index in [0.29, 0.717) is 27.8 Å². The van der Waals surface area contributed by atoms with E-state index in [4.69, 9.17) is 16.0 Å².